The first kappa shape index (κ1) is 12.0. The van der Waals surface area contributed by atoms with Crippen molar-refractivity contribution in [3.63, 3.8) is 0 Å². The molecule has 0 aromatic heterocycles. The van der Waals surface area contributed by atoms with E-state index in [1.54, 1.807) is 13.2 Å². The zero-order valence-electron chi connectivity index (χ0n) is 7.53. The Morgan fingerprint density at radius 3 is 2.42 bits per heavy atom. The number of amides is 1. The molecular weight excluding hydrogens is 194 g/mol. The van der Waals surface area contributed by atoms with E-state index < -0.39 is 10.8 Å². The number of hydrogen-bond acceptors (Lipinski definition) is 3. The number of hydrogen-bond donors (Lipinski definition) is 2. The van der Waals surface area contributed by atoms with Gasteiger partial charge in [0.15, 0.2) is 0 Å². The number of rotatable bonds is 4. The zero-order valence-corrected chi connectivity index (χ0v) is 9.24. The molecule has 72 valence electrons. The second-order valence-corrected chi connectivity index (χ2v) is 5.08. The minimum Gasteiger partial charge on any atom is -0.352 e. The summed E-state index contributed by atoms with van der Waals surface area (Å²) < 4.78 is 10.7. The molecule has 0 aliphatic heterocycles. The summed E-state index contributed by atoms with van der Waals surface area (Å²) in [5.74, 6) is 0.378. The van der Waals surface area contributed by atoms with Crippen molar-refractivity contribution in [1.29, 1.82) is 0 Å². The van der Waals surface area contributed by atoms with Crippen LogP contribution in [0.15, 0.2) is 0 Å². The summed E-state index contributed by atoms with van der Waals surface area (Å²) in [6.07, 6.45) is 1.62. The molecule has 1 N–H and O–H groups in total. The number of carbonyl (C=O) groups is 1. The van der Waals surface area contributed by atoms with Crippen molar-refractivity contribution in [2.45, 2.75) is 25.1 Å². The molecule has 1 amide bonds. The van der Waals surface area contributed by atoms with Gasteiger partial charge in [-0.25, -0.2) is 0 Å². The molecule has 0 heterocycles. The number of thiol groups is 1. The molecule has 0 radical (unpaired) electrons. The van der Waals surface area contributed by atoms with Crippen LogP contribution in [0.4, 0.5) is 0 Å². The van der Waals surface area contributed by atoms with Crippen LogP contribution in [0.25, 0.3) is 0 Å². The highest BCUT2D eigenvalue weighted by atomic mass is 32.2. The van der Waals surface area contributed by atoms with E-state index in [0.29, 0.717) is 5.75 Å². The van der Waals surface area contributed by atoms with Crippen LogP contribution >= 0.6 is 12.6 Å². The van der Waals surface area contributed by atoms with Gasteiger partial charge in [0.2, 0.25) is 5.91 Å². The Kier molecular flexibility index (Phi) is 5.57. The summed E-state index contributed by atoms with van der Waals surface area (Å²) >= 11 is 3.97. The van der Waals surface area contributed by atoms with Crippen molar-refractivity contribution in [3.8, 4) is 0 Å². The maximum Gasteiger partial charge on any atom is 0.232 e. The predicted molar refractivity (Wildman–Crippen MR) is 55.0 cm³/mol. The lowest BCUT2D eigenvalue weighted by Gasteiger charge is -2.13. The van der Waals surface area contributed by atoms with E-state index >= 15 is 0 Å². The largest absolute Gasteiger partial charge is 0.352 e. The Morgan fingerprint density at radius 2 is 2.08 bits per heavy atom. The third kappa shape index (κ3) is 5.60. The third-order valence-corrected chi connectivity index (χ3v) is 2.46. The molecular formula is C7H15NO2S2. The van der Waals surface area contributed by atoms with Crippen LogP contribution in [0, 0.1) is 0 Å². The summed E-state index contributed by atoms with van der Waals surface area (Å²) in [6.45, 7) is 3.53. The molecule has 0 aliphatic rings. The van der Waals surface area contributed by atoms with Gasteiger partial charge in [0.25, 0.3) is 0 Å². The Balaban J connectivity index is 3.76. The highest BCUT2D eigenvalue weighted by Crippen LogP contribution is 1.94. The average Bonchev–Trinajstić information content (AvgIpc) is 1.84. The maximum absolute atomic E-state index is 11.0. The molecule has 0 aromatic carbocycles. The van der Waals surface area contributed by atoms with Crippen LogP contribution in [0.3, 0.4) is 0 Å². The Labute approximate surface area is 81.2 Å². The number of nitrogens with one attached hydrogen (secondary N) is 1. The first-order valence-electron chi connectivity index (χ1n) is 3.72. The van der Waals surface area contributed by atoms with Gasteiger partial charge in [0.05, 0.1) is 5.25 Å². The SMILES string of the molecule is CC(CS(C)=O)NC(=O)C(C)S. The van der Waals surface area contributed by atoms with Crippen molar-refractivity contribution < 1.29 is 9.00 Å². The summed E-state index contributed by atoms with van der Waals surface area (Å²) in [6, 6.07) is -0.0436. The van der Waals surface area contributed by atoms with Gasteiger partial charge < -0.3 is 5.32 Å². The van der Waals surface area contributed by atoms with E-state index in [1.165, 1.54) is 0 Å². The van der Waals surface area contributed by atoms with Gasteiger partial charge >= 0.3 is 0 Å². The molecule has 0 aliphatic carbocycles. The number of carbonyl (C=O) groups excluding carboxylic acids is 1. The van der Waals surface area contributed by atoms with Gasteiger partial charge in [-0.3, -0.25) is 9.00 Å². The minimum atomic E-state index is -0.865. The van der Waals surface area contributed by atoms with Gasteiger partial charge in [-0.1, -0.05) is 0 Å². The second kappa shape index (κ2) is 5.59. The summed E-state index contributed by atoms with van der Waals surface area (Å²) in [5.41, 5.74) is 0. The van der Waals surface area contributed by atoms with Gasteiger partial charge in [-0.15, -0.1) is 0 Å². The predicted octanol–water partition coefficient (Wildman–Crippen LogP) is 0.188. The van der Waals surface area contributed by atoms with Crippen molar-refractivity contribution >= 4 is 29.3 Å². The van der Waals surface area contributed by atoms with Crippen molar-refractivity contribution in [1.82, 2.24) is 5.32 Å². The van der Waals surface area contributed by atoms with E-state index in [1.807, 2.05) is 6.92 Å². The molecule has 12 heavy (non-hydrogen) atoms. The van der Waals surface area contributed by atoms with Gasteiger partial charge in [-0.2, -0.15) is 12.6 Å². The van der Waals surface area contributed by atoms with Crippen LogP contribution in [0.1, 0.15) is 13.8 Å². The highest BCUT2D eigenvalue weighted by Gasteiger charge is 2.11. The van der Waals surface area contributed by atoms with E-state index in [9.17, 15) is 9.00 Å². The van der Waals surface area contributed by atoms with E-state index in [0.717, 1.165) is 0 Å². The van der Waals surface area contributed by atoms with Crippen LogP contribution in [0.5, 0.6) is 0 Å². The first-order chi connectivity index (χ1) is 5.43. The Morgan fingerprint density at radius 1 is 1.58 bits per heavy atom. The molecule has 0 aromatic rings. The Hall–Kier alpha value is -0.0300. The zero-order chi connectivity index (χ0) is 9.72. The molecule has 3 unspecified atom stereocenters. The summed E-state index contributed by atoms with van der Waals surface area (Å²) in [7, 11) is -0.865. The van der Waals surface area contributed by atoms with Gasteiger partial charge in [0, 0.05) is 28.9 Å². The van der Waals surface area contributed by atoms with Crippen molar-refractivity contribution in [2.75, 3.05) is 12.0 Å². The molecule has 0 rings (SSSR count). The van der Waals surface area contributed by atoms with Crippen molar-refractivity contribution in [3.05, 3.63) is 0 Å². The average molecular weight is 209 g/mol. The lowest BCUT2D eigenvalue weighted by atomic mass is 10.3. The topological polar surface area (TPSA) is 46.2 Å². The van der Waals surface area contributed by atoms with Crippen LogP contribution in [0.2, 0.25) is 0 Å². The molecule has 0 fully saturated rings. The summed E-state index contributed by atoms with van der Waals surface area (Å²) in [5, 5.41) is 2.39. The molecule has 0 saturated heterocycles. The van der Waals surface area contributed by atoms with Crippen LogP contribution < -0.4 is 5.32 Å². The van der Waals surface area contributed by atoms with Crippen LogP contribution in [-0.4, -0.2) is 33.4 Å². The summed E-state index contributed by atoms with van der Waals surface area (Å²) in [4.78, 5) is 11.0. The monoisotopic (exact) mass is 209 g/mol. The second-order valence-electron chi connectivity index (χ2n) is 2.83. The fourth-order valence-corrected chi connectivity index (χ4v) is 1.62. The highest BCUT2D eigenvalue weighted by molar-refractivity contribution is 7.84. The molecule has 0 bridgehead atoms. The maximum atomic E-state index is 11.0. The minimum absolute atomic E-state index is 0.0436. The van der Waals surface area contributed by atoms with E-state index in [2.05, 4.69) is 17.9 Å². The molecule has 3 nitrogen and oxygen atoms in total. The quantitative estimate of drug-likeness (QED) is 0.649. The lowest BCUT2D eigenvalue weighted by Crippen LogP contribution is -2.39. The first-order valence-corrected chi connectivity index (χ1v) is 5.96. The van der Waals surface area contributed by atoms with Crippen molar-refractivity contribution in [2.24, 2.45) is 0 Å². The normalized spacial score (nSPS) is 18.0. The molecule has 3 atom stereocenters. The van der Waals surface area contributed by atoms with Gasteiger partial charge in [-0.05, 0) is 13.8 Å². The third-order valence-electron chi connectivity index (χ3n) is 1.25. The molecule has 0 saturated carbocycles. The lowest BCUT2D eigenvalue weighted by molar-refractivity contribution is -0.120. The molecule has 0 spiro atoms. The van der Waals surface area contributed by atoms with E-state index in [-0.39, 0.29) is 17.2 Å². The van der Waals surface area contributed by atoms with Crippen LogP contribution in [-0.2, 0) is 15.6 Å². The molecule has 5 heteroatoms. The fourth-order valence-electron chi connectivity index (χ4n) is 0.757. The van der Waals surface area contributed by atoms with Gasteiger partial charge in [0.1, 0.15) is 0 Å². The van der Waals surface area contributed by atoms with E-state index in [4.69, 9.17) is 0 Å². The Bertz CT molecular complexity index is 182. The smallest absolute Gasteiger partial charge is 0.232 e. The standard InChI is InChI=1S/C7H15NO2S2/c1-5(4-12(3)10)8-7(9)6(2)11/h5-6,11H,4H2,1-3H3,(H,8,9). The fraction of sp³-hybridized carbons (Fsp3) is 0.857.